The molecule has 7 heteroatoms. The monoisotopic (exact) mass is 268 g/mol. The third-order valence-electron chi connectivity index (χ3n) is 2.40. The molecule has 0 fully saturated rings. The molecule has 1 N–H and O–H groups in total. The Kier molecular flexibility index (Phi) is 3.94. The van der Waals surface area contributed by atoms with Crippen LogP contribution < -0.4 is 5.32 Å². The van der Waals surface area contributed by atoms with Crippen molar-refractivity contribution in [1.29, 1.82) is 0 Å². The fourth-order valence-corrected chi connectivity index (χ4v) is 1.45. The first-order valence-corrected chi connectivity index (χ1v) is 5.58. The van der Waals surface area contributed by atoms with E-state index in [0.29, 0.717) is 24.5 Å². The van der Waals surface area contributed by atoms with E-state index in [0.717, 1.165) is 12.3 Å². The standard InChI is InChI=1S/C12H11F3N4/c13-12(14,15)9-1-2-10(19-7-9)3-4-17-11-8-16-5-6-18-11/h1-2,5-8H,3-4H2,(H,17,18). The topological polar surface area (TPSA) is 50.7 Å². The Bertz CT molecular complexity index is 511. The first kappa shape index (κ1) is 13.3. The zero-order chi connectivity index (χ0) is 13.7. The summed E-state index contributed by atoms with van der Waals surface area (Å²) in [4.78, 5) is 11.7. The van der Waals surface area contributed by atoms with Gasteiger partial charge in [0.05, 0.1) is 11.8 Å². The first-order chi connectivity index (χ1) is 9.05. The number of nitrogens with one attached hydrogen (secondary N) is 1. The zero-order valence-corrected chi connectivity index (χ0v) is 9.85. The SMILES string of the molecule is FC(F)(F)c1ccc(CCNc2cnccn2)nc1. The summed E-state index contributed by atoms with van der Waals surface area (Å²) in [6, 6.07) is 2.41. The minimum absolute atomic E-state index is 0.509. The van der Waals surface area contributed by atoms with E-state index in [1.54, 1.807) is 18.6 Å². The van der Waals surface area contributed by atoms with Crippen molar-refractivity contribution in [3.63, 3.8) is 0 Å². The van der Waals surface area contributed by atoms with Crippen LogP contribution in [0.4, 0.5) is 19.0 Å². The summed E-state index contributed by atoms with van der Waals surface area (Å²) in [6.07, 6.45) is 1.69. The van der Waals surface area contributed by atoms with Gasteiger partial charge in [-0.05, 0) is 12.1 Å². The summed E-state index contributed by atoms with van der Waals surface area (Å²) in [6.45, 7) is 0.525. The molecule has 0 spiro atoms. The van der Waals surface area contributed by atoms with Crippen molar-refractivity contribution in [2.45, 2.75) is 12.6 Å². The molecule has 0 aliphatic rings. The van der Waals surface area contributed by atoms with Gasteiger partial charge in [-0.15, -0.1) is 0 Å². The molecule has 0 aliphatic carbocycles. The summed E-state index contributed by atoms with van der Waals surface area (Å²) in [7, 11) is 0. The molecular formula is C12H11F3N4. The van der Waals surface area contributed by atoms with Crippen molar-refractivity contribution in [1.82, 2.24) is 15.0 Å². The van der Waals surface area contributed by atoms with Gasteiger partial charge in [0.15, 0.2) is 0 Å². The number of pyridine rings is 1. The fraction of sp³-hybridized carbons (Fsp3) is 0.250. The highest BCUT2D eigenvalue weighted by atomic mass is 19.4. The molecule has 0 aromatic carbocycles. The summed E-state index contributed by atoms with van der Waals surface area (Å²) in [5, 5.41) is 3.00. The van der Waals surface area contributed by atoms with Crippen molar-refractivity contribution < 1.29 is 13.2 Å². The number of rotatable bonds is 4. The van der Waals surface area contributed by atoms with Crippen molar-refractivity contribution in [2.75, 3.05) is 11.9 Å². The third-order valence-corrected chi connectivity index (χ3v) is 2.40. The van der Waals surface area contributed by atoms with Gasteiger partial charge in [0.25, 0.3) is 0 Å². The molecule has 4 nitrogen and oxygen atoms in total. The van der Waals surface area contributed by atoms with Crippen LogP contribution in [0.15, 0.2) is 36.9 Å². The van der Waals surface area contributed by atoms with Crippen molar-refractivity contribution in [2.24, 2.45) is 0 Å². The van der Waals surface area contributed by atoms with E-state index < -0.39 is 11.7 Å². The molecule has 2 heterocycles. The Morgan fingerprint density at radius 3 is 2.47 bits per heavy atom. The van der Waals surface area contributed by atoms with E-state index >= 15 is 0 Å². The fourth-order valence-electron chi connectivity index (χ4n) is 1.45. The van der Waals surface area contributed by atoms with Crippen LogP contribution in [0.2, 0.25) is 0 Å². The van der Waals surface area contributed by atoms with Crippen LogP contribution in [-0.2, 0) is 12.6 Å². The van der Waals surface area contributed by atoms with Crippen LogP contribution in [0, 0.1) is 0 Å². The van der Waals surface area contributed by atoms with Gasteiger partial charge in [-0.25, -0.2) is 4.98 Å². The van der Waals surface area contributed by atoms with Crippen LogP contribution in [0.25, 0.3) is 0 Å². The van der Waals surface area contributed by atoms with Gasteiger partial charge < -0.3 is 5.32 Å². The molecule has 0 radical (unpaired) electrons. The Balaban J connectivity index is 1.87. The number of alkyl halides is 3. The van der Waals surface area contributed by atoms with E-state index in [1.165, 1.54) is 6.07 Å². The predicted molar refractivity (Wildman–Crippen MR) is 63.5 cm³/mol. The summed E-state index contributed by atoms with van der Waals surface area (Å²) >= 11 is 0. The summed E-state index contributed by atoms with van der Waals surface area (Å²) in [5.74, 6) is 0.620. The van der Waals surface area contributed by atoms with Crippen LogP contribution in [-0.4, -0.2) is 21.5 Å². The van der Waals surface area contributed by atoms with Gasteiger partial charge in [0, 0.05) is 37.3 Å². The Labute approximate surface area is 107 Å². The van der Waals surface area contributed by atoms with Crippen molar-refractivity contribution in [3.05, 3.63) is 48.2 Å². The molecule has 2 rings (SSSR count). The summed E-state index contributed by atoms with van der Waals surface area (Å²) in [5.41, 5.74) is -0.150. The second-order valence-corrected chi connectivity index (χ2v) is 3.80. The van der Waals surface area contributed by atoms with Gasteiger partial charge in [-0.2, -0.15) is 13.2 Å². The van der Waals surface area contributed by atoms with E-state index in [9.17, 15) is 13.2 Å². The lowest BCUT2D eigenvalue weighted by molar-refractivity contribution is -0.137. The number of nitrogens with zero attached hydrogens (tertiary/aromatic N) is 3. The highest BCUT2D eigenvalue weighted by Crippen LogP contribution is 2.28. The van der Waals surface area contributed by atoms with Gasteiger partial charge in [-0.3, -0.25) is 9.97 Å². The predicted octanol–water partition coefficient (Wildman–Crippen LogP) is 2.54. The van der Waals surface area contributed by atoms with Crippen molar-refractivity contribution >= 4 is 5.82 Å². The van der Waals surface area contributed by atoms with Crippen LogP contribution >= 0.6 is 0 Å². The summed E-state index contributed by atoms with van der Waals surface area (Å²) < 4.78 is 37.0. The lowest BCUT2D eigenvalue weighted by Gasteiger charge is -2.07. The van der Waals surface area contributed by atoms with E-state index in [4.69, 9.17) is 0 Å². The Morgan fingerprint density at radius 2 is 1.89 bits per heavy atom. The quantitative estimate of drug-likeness (QED) is 0.925. The number of hydrogen-bond acceptors (Lipinski definition) is 4. The van der Waals surface area contributed by atoms with Gasteiger partial charge in [0.1, 0.15) is 5.82 Å². The maximum atomic E-state index is 12.3. The van der Waals surface area contributed by atoms with Gasteiger partial charge in [0.2, 0.25) is 0 Å². The van der Waals surface area contributed by atoms with Crippen LogP contribution in [0.1, 0.15) is 11.3 Å². The maximum absolute atomic E-state index is 12.3. The average Bonchev–Trinajstić information content (AvgIpc) is 2.39. The Hall–Kier alpha value is -2.18. The Morgan fingerprint density at radius 1 is 1.05 bits per heavy atom. The molecule has 0 saturated heterocycles. The first-order valence-electron chi connectivity index (χ1n) is 5.58. The van der Waals surface area contributed by atoms with Crippen LogP contribution in [0.5, 0.6) is 0 Å². The molecule has 0 atom stereocenters. The molecule has 19 heavy (non-hydrogen) atoms. The second-order valence-electron chi connectivity index (χ2n) is 3.80. The lowest BCUT2D eigenvalue weighted by Crippen LogP contribution is -2.09. The zero-order valence-electron chi connectivity index (χ0n) is 9.85. The second kappa shape index (κ2) is 5.64. The lowest BCUT2D eigenvalue weighted by atomic mass is 10.2. The van der Waals surface area contributed by atoms with E-state index in [1.807, 2.05) is 0 Å². The smallest absolute Gasteiger partial charge is 0.368 e. The van der Waals surface area contributed by atoms with E-state index in [2.05, 4.69) is 20.3 Å². The van der Waals surface area contributed by atoms with Gasteiger partial charge in [-0.1, -0.05) is 0 Å². The minimum atomic E-state index is -4.34. The number of hydrogen-bond donors (Lipinski definition) is 1. The normalized spacial score (nSPS) is 11.3. The number of halogens is 3. The molecule has 100 valence electrons. The number of anilines is 1. The average molecular weight is 268 g/mol. The largest absolute Gasteiger partial charge is 0.417 e. The van der Waals surface area contributed by atoms with Crippen LogP contribution in [0.3, 0.4) is 0 Å². The highest BCUT2D eigenvalue weighted by molar-refractivity contribution is 5.30. The van der Waals surface area contributed by atoms with Gasteiger partial charge >= 0.3 is 6.18 Å². The molecule has 2 aromatic rings. The van der Waals surface area contributed by atoms with E-state index in [-0.39, 0.29) is 0 Å². The molecule has 0 bridgehead atoms. The van der Waals surface area contributed by atoms with Crippen molar-refractivity contribution in [3.8, 4) is 0 Å². The molecule has 2 aromatic heterocycles. The third kappa shape index (κ3) is 3.90. The molecular weight excluding hydrogens is 257 g/mol. The molecule has 0 aliphatic heterocycles. The molecule has 0 saturated carbocycles. The minimum Gasteiger partial charge on any atom is -0.368 e. The molecule has 0 unspecified atom stereocenters. The maximum Gasteiger partial charge on any atom is 0.417 e. The number of aromatic nitrogens is 3. The highest BCUT2D eigenvalue weighted by Gasteiger charge is 2.30. The molecule has 0 amide bonds.